The van der Waals surface area contributed by atoms with Gasteiger partial charge in [-0.05, 0) is 24.3 Å². The van der Waals surface area contributed by atoms with Gasteiger partial charge < -0.3 is 0 Å². The first-order valence-electron chi connectivity index (χ1n) is 4.19. The van der Waals surface area contributed by atoms with E-state index in [-0.39, 0.29) is 0 Å². The van der Waals surface area contributed by atoms with Gasteiger partial charge in [0.15, 0.2) is 0 Å². The van der Waals surface area contributed by atoms with Crippen molar-refractivity contribution in [3.63, 3.8) is 0 Å². The lowest BCUT2D eigenvalue weighted by Crippen LogP contribution is -1.88. The smallest absolute Gasteiger partial charge is 0.141 e. The lowest BCUT2D eigenvalue weighted by Gasteiger charge is -1.98. The van der Waals surface area contributed by atoms with Crippen LogP contribution in [0.4, 0.5) is 0 Å². The first-order chi connectivity index (χ1) is 6.90. The third kappa shape index (κ3) is 1.59. The molecule has 0 saturated carbocycles. The Morgan fingerprint density at radius 2 is 1.86 bits per heavy atom. The predicted molar refractivity (Wildman–Crippen MR) is 52.2 cm³/mol. The van der Waals surface area contributed by atoms with Crippen molar-refractivity contribution in [2.45, 2.75) is 0 Å². The molecular formula is C11H7N3. The lowest BCUT2D eigenvalue weighted by molar-refractivity contribution is 1.22. The summed E-state index contributed by atoms with van der Waals surface area (Å²) in [6, 6.07) is 12.9. The maximum absolute atomic E-state index is 8.68. The second-order valence-electron chi connectivity index (χ2n) is 2.73. The fourth-order valence-electron chi connectivity index (χ4n) is 1.15. The van der Waals surface area contributed by atoms with Gasteiger partial charge in [-0.1, -0.05) is 12.1 Å². The molecule has 0 unspecified atom stereocenters. The number of hydrogen-bond donors (Lipinski definition) is 0. The molecule has 0 N–H and O–H groups in total. The SMILES string of the molecule is N#Cc1cccc(-c2ccccn2)n1. The van der Waals surface area contributed by atoms with Crippen LogP contribution in [0.25, 0.3) is 11.4 Å². The molecule has 0 spiro atoms. The Balaban J connectivity index is 2.49. The van der Waals surface area contributed by atoms with E-state index in [0.717, 1.165) is 11.4 Å². The van der Waals surface area contributed by atoms with Gasteiger partial charge in [-0.2, -0.15) is 5.26 Å². The average Bonchev–Trinajstić information content (AvgIpc) is 2.30. The van der Waals surface area contributed by atoms with Crippen molar-refractivity contribution < 1.29 is 0 Å². The van der Waals surface area contributed by atoms with Crippen molar-refractivity contribution in [1.82, 2.24) is 9.97 Å². The second-order valence-corrected chi connectivity index (χ2v) is 2.73. The highest BCUT2D eigenvalue weighted by Gasteiger charge is 1.99. The molecule has 3 nitrogen and oxygen atoms in total. The Kier molecular flexibility index (Phi) is 2.20. The van der Waals surface area contributed by atoms with Gasteiger partial charge in [0.25, 0.3) is 0 Å². The highest BCUT2D eigenvalue weighted by atomic mass is 14.8. The predicted octanol–water partition coefficient (Wildman–Crippen LogP) is 2.02. The van der Waals surface area contributed by atoms with Gasteiger partial charge in [-0.3, -0.25) is 4.98 Å². The van der Waals surface area contributed by atoms with Crippen molar-refractivity contribution in [1.29, 1.82) is 5.26 Å². The number of aromatic nitrogens is 2. The molecule has 0 radical (unpaired) electrons. The van der Waals surface area contributed by atoms with Crippen LogP contribution >= 0.6 is 0 Å². The van der Waals surface area contributed by atoms with Gasteiger partial charge >= 0.3 is 0 Å². The summed E-state index contributed by atoms with van der Waals surface area (Å²) in [4.78, 5) is 8.29. The molecule has 0 fully saturated rings. The highest BCUT2D eigenvalue weighted by molar-refractivity contribution is 5.54. The zero-order valence-electron chi connectivity index (χ0n) is 7.38. The Morgan fingerprint density at radius 3 is 2.57 bits per heavy atom. The van der Waals surface area contributed by atoms with E-state index in [9.17, 15) is 0 Å². The zero-order chi connectivity index (χ0) is 9.80. The summed E-state index contributed by atoms with van der Waals surface area (Å²) in [7, 11) is 0. The minimum absolute atomic E-state index is 0.410. The average molecular weight is 181 g/mol. The molecule has 0 aliphatic carbocycles. The van der Waals surface area contributed by atoms with E-state index < -0.39 is 0 Å². The summed E-state index contributed by atoms with van der Waals surface area (Å²) in [6.07, 6.45) is 1.70. The quantitative estimate of drug-likeness (QED) is 0.676. The van der Waals surface area contributed by atoms with Crippen molar-refractivity contribution >= 4 is 0 Å². The van der Waals surface area contributed by atoms with Crippen LogP contribution in [0.1, 0.15) is 5.69 Å². The number of nitrogens with zero attached hydrogens (tertiary/aromatic N) is 3. The van der Waals surface area contributed by atoms with Gasteiger partial charge in [-0.25, -0.2) is 4.98 Å². The minimum Gasteiger partial charge on any atom is -0.255 e. The van der Waals surface area contributed by atoms with Gasteiger partial charge in [0, 0.05) is 6.20 Å². The van der Waals surface area contributed by atoms with Crippen LogP contribution in [0.15, 0.2) is 42.6 Å². The Labute approximate surface area is 81.7 Å². The normalized spacial score (nSPS) is 9.36. The maximum atomic E-state index is 8.68. The van der Waals surface area contributed by atoms with E-state index in [0.29, 0.717) is 5.69 Å². The molecule has 14 heavy (non-hydrogen) atoms. The molecule has 2 rings (SSSR count). The van der Waals surface area contributed by atoms with Crippen LogP contribution in [0.5, 0.6) is 0 Å². The Hall–Kier alpha value is -2.21. The molecule has 0 aliphatic heterocycles. The van der Waals surface area contributed by atoms with E-state index in [2.05, 4.69) is 9.97 Å². The fraction of sp³-hybridized carbons (Fsp3) is 0. The summed E-state index contributed by atoms with van der Waals surface area (Å²) in [6.45, 7) is 0. The summed E-state index contributed by atoms with van der Waals surface area (Å²) in [5.74, 6) is 0. The topological polar surface area (TPSA) is 49.6 Å². The third-order valence-electron chi connectivity index (χ3n) is 1.79. The number of hydrogen-bond acceptors (Lipinski definition) is 3. The third-order valence-corrected chi connectivity index (χ3v) is 1.79. The summed E-state index contributed by atoms with van der Waals surface area (Å²) in [5.41, 5.74) is 1.92. The van der Waals surface area contributed by atoms with Crippen LogP contribution in [0.3, 0.4) is 0 Å². The molecule has 0 saturated heterocycles. The summed E-state index contributed by atoms with van der Waals surface area (Å²) >= 11 is 0. The number of nitriles is 1. The lowest BCUT2D eigenvalue weighted by atomic mass is 10.2. The standard InChI is InChI=1S/C11H7N3/c12-8-9-4-3-6-11(14-9)10-5-1-2-7-13-10/h1-7H. The van der Waals surface area contributed by atoms with Gasteiger partial charge in [0.1, 0.15) is 11.8 Å². The zero-order valence-corrected chi connectivity index (χ0v) is 7.38. The first-order valence-corrected chi connectivity index (χ1v) is 4.19. The van der Waals surface area contributed by atoms with Gasteiger partial charge in [0.05, 0.1) is 11.4 Å². The summed E-state index contributed by atoms with van der Waals surface area (Å²) in [5, 5.41) is 8.68. The Morgan fingerprint density at radius 1 is 1.00 bits per heavy atom. The van der Waals surface area contributed by atoms with E-state index >= 15 is 0 Å². The molecule has 3 heteroatoms. The van der Waals surface area contributed by atoms with E-state index in [1.807, 2.05) is 30.3 Å². The van der Waals surface area contributed by atoms with Crippen molar-refractivity contribution in [3.8, 4) is 17.5 Å². The van der Waals surface area contributed by atoms with E-state index in [1.54, 1.807) is 18.3 Å². The molecule has 0 bridgehead atoms. The molecule has 0 atom stereocenters. The molecule has 2 aromatic heterocycles. The van der Waals surface area contributed by atoms with Crippen molar-refractivity contribution in [2.24, 2.45) is 0 Å². The number of pyridine rings is 2. The summed E-state index contributed by atoms with van der Waals surface area (Å²) < 4.78 is 0. The second kappa shape index (κ2) is 3.67. The molecule has 0 amide bonds. The highest BCUT2D eigenvalue weighted by Crippen LogP contribution is 2.12. The van der Waals surface area contributed by atoms with Crippen LogP contribution in [0, 0.1) is 11.3 Å². The van der Waals surface area contributed by atoms with E-state index in [1.165, 1.54) is 0 Å². The van der Waals surface area contributed by atoms with Gasteiger partial charge in [-0.15, -0.1) is 0 Å². The van der Waals surface area contributed by atoms with E-state index in [4.69, 9.17) is 5.26 Å². The molecule has 2 aromatic rings. The van der Waals surface area contributed by atoms with Crippen LogP contribution < -0.4 is 0 Å². The molecular weight excluding hydrogens is 174 g/mol. The fourth-order valence-corrected chi connectivity index (χ4v) is 1.15. The Bertz CT molecular complexity index is 471. The first kappa shape index (κ1) is 8.39. The maximum Gasteiger partial charge on any atom is 0.141 e. The van der Waals surface area contributed by atoms with Crippen molar-refractivity contribution in [2.75, 3.05) is 0 Å². The van der Waals surface area contributed by atoms with Crippen LogP contribution in [-0.4, -0.2) is 9.97 Å². The van der Waals surface area contributed by atoms with Gasteiger partial charge in [0.2, 0.25) is 0 Å². The molecule has 2 heterocycles. The largest absolute Gasteiger partial charge is 0.255 e. The van der Waals surface area contributed by atoms with Crippen LogP contribution in [-0.2, 0) is 0 Å². The molecule has 66 valence electrons. The van der Waals surface area contributed by atoms with Crippen LogP contribution in [0.2, 0.25) is 0 Å². The monoisotopic (exact) mass is 181 g/mol. The van der Waals surface area contributed by atoms with Crippen molar-refractivity contribution in [3.05, 3.63) is 48.3 Å². The molecule has 0 aliphatic rings. The minimum atomic E-state index is 0.410. The molecule has 0 aromatic carbocycles. The number of rotatable bonds is 1.